The normalized spacial score (nSPS) is 23.3. The van der Waals surface area contributed by atoms with E-state index in [-0.39, 0.29) is 0 Å². The summed E-state index contributed by atoms with van der Waals surface area (Å²) >= 11 is 0. The fourth-order valence-corrected chi connectivity index (χ4v) is 20.4. The molecule has 4 heteroatoms. The Bertz CT molecular complexity index is 396. The molecule has 2 fully saturated rings. The molecule has 0 unspecified atom stereocenters. The molecule has 2 aliphatic heterocycles. The van der Waals surface area contributed by atoms with E-state index < -0.39 is 16.1 Å². The smallest absolute Gasteiger partial charge is 0.0784 e. The van der Waals surface area contributed by atoms with Crippen LogP contribution in [0, 0.1) is 0 Å². The van der Waals surface area contributed by atoms with Crippen LogP contribution in [0.1, 0.15) is 51.4 Å². The highest BCUT2D eigenvalue weighted by Crippen LogP contribution is 2.30. The maximum Gasteiger partial charge on any atom is 0.0784 e. The van der Waals surface area contributed by atoms with Crippen LogP contribution in [0.5, 0.6) is 0 Å². The third-order valence-electron chi connectivity index (χ3n) is 7.85. The lowest BCUT2D eigenvalue weighted by Crippen LogP contribution is -2.49. The van der Waals surface area contributed by atoms with Crippen LogP contribution >= 0.6 is 0 Å². The molecule has 27 heavy (non-hydrogen) atoms. The maximum atomic E-state index is 2.70. The summed E-state index contributed by atoms with van der Waals surface area (Å²) in [5.74, 6) is 0. The number of rotatable bonds is 10. The number of hydrogen-bond acceptors (Lipinski definition) is 0. The molecule has 0 N–H and O–H groups in total. The van der Waals surface area contributed by atoms with Crippen LogP contribution in [-0.2, 0) is 0 Å². The van der Waals surface area contributed by atoms with E-state index in [0.29, 0.717) is 0 Å². The third-order valence-corrected chi connectivity index (χ3v) is 18.9. The van der Waals surface area contributed by atoms with Crippen LogP contribution in [0.25, 0.3) is 0 Å². The first kappa shape index (κ1) is 23.6. The highest BCUT2D eigenvalue weighted by atomic mass is 28.4. The zero-order valence-electron chi connectivity index (χ0n) is 19.9. The third kappa shape index (κ3) is 8.71. The van der Waals surface area contributed by atoms with Gasteiger partial charge in [-0.25, -0.2) is 0 Å². The van der Waals surface area contributed by atoms with Crippen LogP contribution < -0.4 is 0 Å². The maximum absolute atomic E-state index is 2.70. The second-order valence-corrected chi connectivity index (χ2v) is 23.5. The van der Waals surface area contributed by atoms with Gasteiger partial charge in [-0.3, -0.25) is 0 Å². The van der Waals surface area contributed by atoms with Crippen molar-refractivity contribution in [3.8, 4) is 0 Å². The van der Waals surface area contributed by atoms with Gasteiger partial charge in [0.25, 0.3) is 0 Å². The van der Waals surface area contributed by atoms with Crippen molar-refractivity contribution in [3.63, 3.8) is 0 Å². The van der Waals surface area contributed by atoms with Gasteiger partial charge in [0.2, 0.25) is 0 Å². The molecule has 0 aliphatic carbocycles. The van der Waals surface area contributed by atoms with Gasteiger partial charge in [0.15, 0.2) is 0 Å². The second-order valence-electron chi connectivity index (χ2n) is 12.4. The summed E-state index contributed by atoms with van der Waals surface area (Å²) in [5, 5.41) is 0. The van der Waals surface area contributed by atoms with Crippen molar-refractivity contribution in [2.75, 3.05) is 53.4 Å². The molecule has 2 rings (SSSR count). The van der Waals surface area contributed by atoms with Crippen molar-refractivity contribution < 1.29 is 8.97 Å². The number of hydrogen-bond donors (Lipinski definition) is 0. The van der Waals surface area contributed by atoms with E-state index in [1.807, 2.05) is 0 Å². The van der Waals surface area contributed by atoms with E-state index >= 15 is 0 Å². The van der Waals surface area contributed by atoms with Crippen molar-refractivity contribution in [1.29, 1.82) is 0 Å². The Morgan fingerprint density at radius 2 is 0.889 bits per heavy atom. The number of nitrogens with zero attached hydrogens (tertiary/aromatic N) is 2. The zero-order valence-corrected chi connectivity index (χ0v) is 21.9. The van der Waals surface area contributed by atoms with E-state index in [0.717, 1.165) is 0 Å². The van der Waals surface area contributed by atoms with Crippen LogP contribution in [0.4, 0.5) is 0 Å². The minimum absolute atomic E-state index is 1.02. The summed E-state index contributed by atoms with van der Waals surface area (Å²) in [5.41, 5.74) is 1.66. The summed E-state index contributed by atoms with van der Waals surface area (Å²) in [6.45, 7) is 19.5. The molecule has 0 aromatic carbocycles. The first-order chi connectivity index (χ1) is 12.5. The van der Waals surface area contributed by atoms with E-state index in [2.05, 4.69) is 40.3 Å². The van der Waals surface area contributed by atoms with Crippen molar-refractivity contribution in [1.82, 2.24) is 0 Å². The first-order valence-corrected chi connectivity index (χ1v) is 19.0. The van der Waals surface area contributed by atoms with Crippen LogP contribution in [0.3, 0.4) is 0 Å². The predicted octanol–water partition coefficient (Wildman–Crippen LogP) is 5.98. The molecule has 0 atom stereocenters. The molecule has 0 radical (unpaired) electrons. The average molecular weight is 413 g/mol. The quantitative estimate of drug-likeness (QED) is 0.305. The van der Waals surface area contributed by atoms with Gasteiger partial charge in [-0.2, -0.15) is 0 Å². The Kier molecular flexibility index (Phi) is 8.67. The van der Waals surface area contributed by atoms with Crippen molar-refractivity contribution in [2.24, 2.45) is 0 Å². The van der Waals surface area contributed by atoms with Gasteiger partial charge in [0.05, 0.1) is 53.4 Å². The fraction of sp³-hybridized carbons (Fsp3) is 1.00. The molecule has 0 bridgehead atoms. The summed E-state index contributed by atoms with van der Waals surface area (Å²) < 4.78 is 2.75. The van der Waals surface area contributed by atoms with Gasteiger partial charge >= 0.3 is 0 Å². The minimum Gasteiger partial charge on any atom is -0.326 e. The number of quaternary nitrogens is 2. The SMILES string of the molecule is C[N+]1(CCC[Si](C)(C)C[Si](C)(C)CCC[N+]2(C)CCCCC2)CCCCC1. The lowest BCUT2D eigenvalue weighted by Gasteiger charge is -2.40. The zero-order chi connectivity index (χ0) is 20.0. The molecule has 160 valence electrons. The standard InChI is InChI=1S/C23H52N2Si2/c1-24(15-9-7-10-16-24)19-13-21-26(3,4)23-27(5,6)22-14-20-25(2)17-11-8-12-18-25/h7-23H2,1-6H3/q+2. The highest BCUT2D eigenvalue weighted by Gasteiger charge is 2.33. The molecular formula is C23H52N2Si2+2. The van der Waals surface area contributed by atoms with Gasteiger partial charge in [-0.15, -0.1) is 0 Å². The molecule has 0 aromatic heterocycles. The Balaban J connectivity index is 1.70. The fourth-order valence-electron chi connectivity index (χ4n) is 6.35. The predicted molar refractivity (Wildman–Crippen MR) is 128 cm³/mol. The molecular weight excluding hydrogens is 360 g/mol. The molecule has 0 aromatic rings. The van der Waals surface area contributed by atoms with E-state index in [9.17, 15) is 0 Å². The summed E-state index contributed by atoms with van der Waals surface area (Å²) in [6.07, 6.45) is 11.8. The van der Waals surface area contributed by atoms with Crippen LogP contribution in [0.15, 0.2) is 0 Å². The van der Waals surface area contributed by atoms with Crippen molar-refractivity contribution in [2.45, 2.75) is 95.3 Å². The Hall–Kier alpha value is 0.354. The molecule has 0 saturated carbocycles. The topological polar surface area (TPSA) is 0 Å². The van der Waals surface area contributed by atoms with E-state index in [1.165, 1.54) is 99.6 Å². The highest BCUT2D eigenvalue weighted by molar-refractivity contribution is 6.95. The molecule has 2 saturated heterocycles. The first-order valence-electron chi connectivity index (χ1n) is 12.2. The summed E-state index contributed by atoms with van der Waals surface area (Å²) in [4.78, 5) is 0. The number of piperidine rings is 2. The lowest BCUT2D eigenvalue weighted by molar-refractivity contribution is -0.914. The molecule has 0 amide bonds. The molecule has 2 heterocycles. The lowest BCUT2D eigenvalue weighted by atomic mass is 10.1. The van der Waals surface area contributed by atoms with Crippen molar-refractivity contribution in [3.05, 3.63) is 0 Å². The molecule has 2 aliphatic rings. The van der Waals surface area contributed by atoms with E-state index in [1.54, 1.807) is 17.8 Å². The van der Waals surface area contributed by atoms with E-state index in [4.69, 9.17) is 0 Å². The Morgan fingerprint density at radius 3 is 1.22 bits per heavy atom. The van der Waals surface area contributed by atoms with Gasteiger partial charge in [0, 0.05) is 16.1 Å². The van der Waals surface area contributed by atoms with Gasteiger partial charge in [-0.05, 0) is 51.4 Å². The average Bonchev–Trinajstić information content (AvgIpc) is 2.54. The monoisotopic (exact) mass is 412 g/mol. The second kappa shape index (κ2) is 9.91. The minimum atomic E-state index is -1.02. The molecule has 2 nitrogen and oxygen atoms in total. The summed E-state index contributed by atoms with van der Waals surface area (Å²) in [7, 11) is 3.01. The van der Waals surface area contributed by atoms with Crippen LogP contribution in [0.2, 0.25) is 43.9 Å². The Labute approximate surface area is 173 Å². The summed E-state index contributed by atoms with van der Waals surface area (Å²) in [6, 6.07) is 3.15. The molecule has 0 spiro atoms. The van der Waals surface area contributed by atoms with Gasteiger partial charge in [-0.1, -0.05) is 43.9 Å². The van der Waals surface area contributed by atoms with Gasteiger partial charge < -0.3 is 8.97 Å². The van der Waals surface area contributed by atoms with Crippen molar-refractivity contribution >= 4 is 16.1 Å². The number of likely N-dealkylation sites (tertiary alicyclic amines) is 2. The Morgan fingerprint density at radius 1 is 0.556 bits per heavy atom. The van der Waals surface area contributed by atoms with Gasteiger partial charge in [0.1, 0.15) is 0 Å². The largest absolute Gasteiger partial charge is 0.326 e. The van der Waals surface area contributed by atoms with Crippen LogP contribution in [-0.4, -0.2) is 78.5 Å².